The summed E-state index contributed by atoms with van der Waals surface area (Å²) in [6.45, 7) is 7.32. The first-order valence-electron chi connectivity index (χ1n) is 10.3. The van der Waals surface area contributed by atoms with Crippen LogP contribution in [0.4, 0.5) is 5.69 Å². The topological polar surface area (TPSA) is 93.2 Å². The standard InChI is InChI=1S/C23H28N4O3/c1-23(2,3)17-8-9-20-19(10-17)21(30-26-20)22(29)25-18-11-24-27(13-18)12-15-4-6-16(14-28)7-5-15/h4-7,11,13,17,28H,8-10,12,14H2,1-3H3,(H,25,29). The molecule has 2 N–H and O–H groups in total. The molecule has 1 aromatic carbocycles. The second kappa shape index (κ2) is 8.07. The molecular weight excluding hydrogens is 380 g/mol. The SMILES string of the molecule is CC(C)(C)C1CCc2noc(C(=O)Nc3cnn(Cc4ccc(CO)cc4)c3)c2C1. The van der Waals surface area contributed by atoms with E-state index >= 15 is 0 Å². The number of rotatable bonds is 5. The van der Waals surface area contributed by atoms with Gasteiger partial charge in [0.25, 0.3) is 5.91 Å². The number of nitrogens with one attached hydrogen (secondary N) is 1. The number of fused-ring (bicyclic) bond motifs is 1. The van der Waals surface area contributed by atoms with Crippen molar-refractivity contribution >= 4 is 11.6 Å². The van der Waals surface area contributed by atoms with E-state index in [-0.39, 0.29) is 17.9 Å². The van der Waals surface area contributed by atoms with E-state index in [9.17, 15) is 4.79 Å². The number of amides is 1. The lowest BCUT2D eigenvalue weighted by molar-refractivity contribution is 0.0985. The maximum Gasteiger partial charge on any atom is 0.294 e. The molecule has 0 aliphatic heterocycles. The van der Waals surface area contributed by atoms with Crippen LogP contribution in [0.5, 0.6) is 0 Å². The van der Waals surface area contributed by atoms with E-state index in [0.29, 0.717) is 23.9 Å². The van der Waals surface area contributed by atoms with Crippen molar-refractivity contribution in [2.45, 2.75) is 53.2 Å². The number of aromatic nitrogens is 3. The van der Waals surface area contributed by atoms with Crippen LogP contribution < -0.4 is 5.32 Å². The molecular formula is C23H28N4O3. The van der Waals surface area contributed by atoms with Crippen LogP contribution in [0.15, 0.2) is 41.2 Å². The van der Waals surface area contributed by atoms with Crippen molar-refractivity contribution in [1.82, 2.24) is 14.9 Å². The highest BCUT2D eigenvalue weighted by atomic mass is 16.5. The first kappa shape index (κ1) is 20.3. The third-order valence-electron chi connectivity index (χ3n) is 5.92. The maximum atomic E-state index is 12.8. The van der Waals surface area contributed by atoms with Crippen molar-refractivity contribution in [1.29, 1.82) is 0 Å². The predicted octanol–water partition coefficient (Wildman–Crippen LogP) is 3.82. The second-order valence-corrected chi connectivity index (χ2v) is 9.10. The first-order valence-corrected chi connectivity index (χ1v) is 10.3. The average molecular weight is 409 g/mol. The zero-order valence-corrected chi connectivity index (χ0v) is 17.7. The number of aliphatic hydroxyl groups excluding tert-OH is 1. The monoisotopic (exact) mass is 408 g/mol. The molecule has 2 heterocycles. The van der Waals surface area contributed by atoms with Crippen molar-refractivity contribution < 1.29 is 14.4 Å². The van der Waals surface area contributed by atoms with Crippen LogP contribution >= 0.6 is 0 Å². The number of benzene rings is 1. The van der Waals surface area contributed by atoms with E-state index in [1.165, 1.54) is 0 Å². The van der Waals surface area contributed by atoms with Gasteiger partial charge < -0.3 is 14.9 Å². The van der Waals surface area contributed by atoms with Gasteiger partial charge in [-0.25, -0.2) is 0 Å². The van der Waals surface area contributed by atoms with E-state index in [1.54, 1.807) is 17.1 Å². The largest absolute Gasteiger partial charge is 0.392 e. The molecule has 0 saturated heterocycles. The Bertz CT molecular complexity index is 1030. The third kappa shape index (κ3) is 4.31. The summed E-state index contributed by atoms with van der Waals surface area (Å²) < 4.78 is 7.19. The van der Waals surface area contributed by atoms with Gasteiger partial charge in [-0.15, -0.1) is 0 Å². The molecule has 1 unspecified atom stereocenters. The number of carbonyl (C=O) groups is 1. The molecule has 0 radical (unpaired) electrons. The summed E-state index contributed by atoms with van der Waals surface area (Å²) in [5.74, 6) is 0.521. The Hall–Kier alpha value is -2.93. The van der Waals surface area contributed by atoms with E-state index < -0.39 is 0 Å². The van der Waals surface area contributed by atoms with E-state index in [0.717, 1.165) is 41.6 Å². The lowest BCUT2D eigenvalue weighted by Gasteiger charge is -2.33. The van der Waals surface area contributed by atoms with Gasteiger partial charge in [-0.3, -0.25) is 9.48 Å². The van der Waals surface area contributed by atoms with Gasteiger partial charge in [-0.05, 0) is 41.7 Å². The molecule has 158 valence electrons. The van der Waals surface area contributed by atoms with E-state index in [2.05, 4.69) is 36.3 Å². The van der Waals surface area contributed by atoms with Gasteiger partial charge >= 0.3 is 0 Å². The van der Waals surface area contributed by atoms with Gasteiger partial charge in [0.2, 0.25) is 5.76 Å². The van der Waals surface area contributed by atoms with Gasteiger partial charge in [0.1, 0.15) is 0 Å². The smallest absolute Gasteiger partial charge is 0.294 e. The molecule has 0 bridgehead atoms. The fourth-order valence-electron chi connectivity index (χ4n) is 3.97. The molecule has 1 aliphatic rings. The number of aliphatic hydroxyl groups is 1. The quantitative estimate of drug-likeness (QED) is 0.670. The number of hydrogen-bond donors (Lipinski definition) is 2. The maximum absolute atomic E-state index is 12.8. The van der Waals surface area contributed by atoms with Gasteiger partial charge in [-0.1, -0.05) is 50.2 Å². The Morgan fingerprint density at radius 3 is 2.70 bits per heavy atom. The molecule has 4 rings (SSSR count). The van der Waals surface area contributed by atoms with Crippen LogP contribution in [-0.2, 0) is 26.0 Å². The predicted molar refractivity (Wildman–Crippen MR) is 113 cm³/mol. The molecule has 2 aromatic heterocycles. The van der Waals surface area contributed by atoms with Crippen molar-refractivity contribution in [3.63, 3.8) is 0 Å². The van der Waals surface area contributed by atoms with Crippen LogP contribution in [0.25, 0.3) is 0 Å². The summed E-state index contributed by atoms with van der Waals surface area (Å²) in [6, 6.07) is 7.69. The molecule has 30 heavy (non-hydrogen) atoms. The van der Waals surface area contributed by atoms with Gasteiger partial charge in [0.15, 0.2) is 0 Å². The first-order chi connectivity index (χ1) is 14.3. The Morgan fingerprint density at radius 2 is 2.00 bits per heavy atom. The summed E-state index contributed by atoms with van der Waals surface area (Å²) in [7, 11) is 0. The molecule has 3 aromatic rings. The van der Waals surface area contributed by atoms with Crippen LogP contribution in [0.1, 0.15) is 60.1 Å². The zero-order chi connectivity index (χ0) is 21.3. The summed E-state index contributed by atoms with van der Waals surface area (Å²) >= 11 is 0. The molecule has 7 nitrogen and oxygen atoms in total. The minimum atomic E-state index is -0.287. The second-order valence-electron chi connectivity index (χ2n) is 9.10. The average Bonchev–Trinajstić information content (AvgIpc) is 3.34. The van der Waals surface area contributed by atoms with E-state index in [1.807, 2.05) is 24.3 Å². The minimum Gasteiger partial charge on any atom is -0.392 e. The highest BCUT2D eigenvalue weighted by molar-refractivity contribution is 6.03. The third-order valence-corrected chi connectivity index (χ3v) is 5.92. The zero-order valence-electron chi connectivity index (χ0n) is 17.7. The van der Waals surface area contributed by atoms with Crippen molar-refractivity contribution in [3.8, 4) is 0 Å². The highest BCUT2D eigenvalue weighted by Gasteiger charge is 2.34. The van der Waals surface area contributed by atoms with Crippen LogP contribution in [0, 0.1) is 11.3 Å². The Kier molecular flexibility index (Phi) is 5.47. The van der Waals surface area contributed by atoms with Crippen molar-refractivity contribution in [3.05, 3.63) is 64.8 Å². The molecule has 0 saturated carbocycles. The number of aryl methyl sites for hydroxylation is 1. The summed E-state index contributed by atoms with van der Waals surface area (Å²) in [6.07, 6.45) is 6.14. The Labute approximate surface area is 176 Å². The number of nitrogens with zero attached hydrogens (tertiary/aromatic N) is 3. The van der Waals surface area contributed by atoms with Crippen molar-refractivity contribution in [2.24, 2.45) is 11.3 Å². The molecule has 1 aliphatic carbocycles. The van der Waals surface area contributed by atoms with Crippen LogP contribution in [0.3, 0.4) is 0 Å². The van der Waals surface area contributed by atoms with Crippen LogP contribution in [0.2, 0.25) is 0 Å². The number of carbonyl (C=O) groups excluding carboxylic acids is 1. The molecule has 0 fully saturated rings. The highest BCUT2D eigenvalue weighted by Crippen LogP contribution is 2.38. The fourth-order valence-corrected chi connectivity index (χ4v) is 3.97. The summed E-state index contributed by atoms with van der Waals surface area (Å²) in [5.41, 5.74) is 4.57. The molecule has 7 heteroatoms. The number of hydrogen-bond acceptors (Lipinski definition) is 5. The van der Waals surface area contributed by atoms with Crippen molar-refractivity contribution in [2.75, 3.05) is 5.32 Å². The lowest BCUT2D eigenvalue weighted by atomic mass is 9.71. The summed E-state index contributed by atoms with van der Waals surface area (Å²) in [4.78, 5) is 12.8. The fraction of sp³-hybridized carbons (Fsp3) is 0.435. The van der Waals surface area contributed by atoms with Crippen LogP contribution in [-0.4, -0.2) is 26.0 Å². The molecule has 1 amide bonds. The number of anilines is 1. The Balaban J connectivity index is 1.43. The van der Waals surface area contributed by atoms with Gasteiger partial charge in [0, 0.05) is 11.8 Å². The van der Waals surface area contributed by atoms with E-state index in [4.69, 9.17) is 9.63 Å². The Morgan fingerprint density at radius 1 is 1.27 bits per heavy atom. The lowest BCUT2D eigenvalue weighted by Crippen LogP contribution is -2.27. The van der Waals surface area contributed by atoms with Gasteiger partial charge in [-0.2, -0.15) is 5.10 Å². The summed E-state index contributed by atoms with van der Waals surface area (Å²) in [5, 5.41) is 20.5. The minimum absolute atomic E-state index is 0.0278. The molecule has 0 spiro atoms. The van der Waals surface area contributed by atoms with Gasteiger partial charge in [0.05, 0.1) is 30.7 Å². The molecule has 1 atom stereocenters. The normalized spacial score (nSPS) is 16.3.